The fourth-order valence-electron chi connectivity index (χ4n) is 2.91. The molecule has 0 amide bonds. The van der Waals surface area contributed by atoms with Gasteiger partial charge in [0.2, 0.25) is 17.8 Å². The molecule has 0 unspecified atom stereocenters. The molecule has 0 atom stereocenters. The highest BCUT2D eigenvalue weighted by Gasteiger charge is 2.10. The van der Waals surface area contributed by atoms with Gasteiger partial charge in [0.15, 0.2) is 0 Å². The Balaban J connectivity index is 1.78. The van der Waals surface area contributed by atoms with Gasteiger partial charge in [-0.25, -0.2) is 0 Å². The lowest BCUT2D eigenvalue weighted by molar-refractivity contribution is 0.237. The lowest BCUT2D eigenvalue weighted by Crippen LogP contribution is -2.34. The van der Waals surface area contributed by atoms with Crippen molar-refractivity contribution in [2.24, 2.45) is 0 Å². The molecule has 1 saturated heterocycles. The molecule has 0 saturated carbocycles. The van der Waals surface area contributed by atoms with E-state index < -0.39 is 0 Å². The Hall–Kier alpha value is -1.63. The van der Waals surface area contributed by atoms with Crippen LogP contribution >= 0.6 is 0 Å². The molecule has 24 heavy (non-hydrogen) atoms. The summed E-state index contributed by atoms with van der Waals surface area (Å²) in [7, 11) is 1.83. The van der Waals surface area contributed by atoms with Crippen LogP contribution in [0, 0.1) is 0 Å². The smallest absolute Gasteiger partial charge is 0.229 e. The predicted molar refractivity (Wildman–Crippen MR) is 101 cm³/mol. The molecule has 1 aliphatic heterocycles. The van der Waals surface area contributed by atoms with Gasteiger partial charge in [0, 0.05) is 26.7 Å². The van der Waals surface area contributed by atoms with Crippen molar-refractivity contribution in [3.05, 3.63) is 0 Å². The van der Waals surface area contributed by atoms with Gasteiger partial charge in [-0.15, -0.1) is 0 Å². The van der Waals surface area contributed by atoms with Crippen LogP contribution in [-0.4, -0.2) is 59.6 Å². The lowest BCUT2D eigenvalue weighted by atomic mass is 10.1. The number of unbranched alkanes of at least 4 members (excludes halogenated alkanes) is 3. The zero-order valence-electron chi connectivity index (χ0n) is 15.3. The zero-order valence-corrected chi connectivity index (χ0v) is 15.3. The molecule has 0 bridgehead atoms. The third-order valence-corrected chi connectivity index (χ3v) is 4.33. The van der Waals surface area contributed by atoms with Crippen molar-refractivity contribution in [3.63, 3.8) is 0 Å². The van der Waals surface area contributed by atoms with E-state index in [9.17, 15) is 0 Å². The zero-order chi connectivity index (χ0) is 17.0. The molecule has 1 fully saturated rings. The number of hydrogen-bond acceptors (Lipinski definition) is 7. The van der Waals surface area contributed by atoms with Gasteiger partial charge in [-0.2, -0.15) is 15.0 Å². The van der Waals surface area contributed by atoms with E-state index in [1.54, 1.807) is 0 Å². The molecule has 0 radical (unpaired) electrons. The topological polar surface area (TPSA) is 78.0 Å². The Kier molecular flexibility index (Phi) is 8.59. The van der Waals surface area contributed by atoms with Crippen molar-refractivity contribution < 1.29 is 0 Å². The van der Waals surface area contributed by atoms with Crippen molar-refractivity contribution >= 4 is 17.8 Å². The van der Waals surface area contributed by atoms with Crippen molar-refractivity contribution in [1.82, 2.24) is 19.9 Å². The minimum Gasteiger partial charge on any atom is -0.357 e. The second kappa shape index (κ2) is 11.0. The average Bonchev–Trinajstić information content (AvgIpc) is 2.62. The van der Waals surface area contributed by atoms with E-state index >= 15 is 0 Å². The van der Waals surface area contributed by atoms with Gasteiger partial charge in [-0.3, -0.25) is 0 Å². The van der Waals surface area contributed by atoms with Crippen LogP contribution in [0.2, 0.25) is 0 Å². The summed E-state index contributed by atoms with van der Waals surface area (Å²) in [4.78, 5) is 15.7. The Morgan fingerprint density at radius 3 is 2.17 bits per heavy atom. The van der Waals surface area contributed by atoms with Crippen LogP contribution < -0.4 is 16.0 Å². The molecule has 7 heteroatoms. The molecule has 2 rings (SSSR count). The van der Waals surface area contributed by atoms with Gasteiger partial charge in [0.25, 0.3) is 0 Å². The molecule has 7 nitrogen and oxygen atoms in total. The fraction of sp³-hybridized carbons (Fsp3) is 0.824. The quantitative estimate of drug-likeness (QED) is 0.537. The van der Waals surface area contributed by atoms with Crippen molar-refractivity contribution in [2.45, 2.75) is 51.9 Å². The molecule has 0 spiro atoms. The molecule has 0 aromatic carbocycles. The van der Waals surface area contributed by atoms with Crippen LogP contribution in [0.4, 0.5) is 17.8 Å². The molecule has 136 valence electrons. The first-order valence-electron chi connectivity index (χ1n) is 9.45. The van der Waals surface area contributed by atoms with Gasteiger partial charge in [0.1, 0.15) is 0 Å². The highest BCUT2D eigenvalue weighted by Crippen LogP contribution is 2.11. The molecule has 1 aromatic heterocycles. The van der Waals surface area contributed by atoms with E-state index in [0.29, 0.717) is 17.8 Å². The molecule has 1 aliphatic rings. The summed E-state index contributed by atoms with van der Waals surface area (Å²) in [6.45, 7) is 7.46. The van der Waals surface area contributed by atoms with Gasteiger partial charge < -0.3 is 20.9 Å². The van der Waals surface area contributed by atoms with Gasteiger partial charge >= 0.3 is 0 Å². The summed E-state index contributed by atoms with van der Waals surface area (Å²) in [6, 6.07) is 0. The van der Waals surface area contributed by atoms with E-state index in [0.717, 1.165) is 26.1 Å². The third kappa shape index (κ3) is 6.86. The minimum atomic E-state index is 0.599. The molecular weight excluding hydrogens is 302 g/mol. The van der Waals surface area contributed by atoms with Gasteiger partial charge in [-0.05, 0) is 32.4 Å². The first-order valence-corrected chi connectivity index (χ1v) is 9.45. The monoisotopic (exact) mass is 335 g/mol. The van der Waals surface area contributed by atoms with Crippen LogP contribution in [0.1, 0.15) is 51.9 Å². The number of nitrogens with one attached hydrogen (secondary N) is 3. The predicted octanol–water partition coefficient (Wildman–Crippen LogP) is 2.80. The Morgan fingerprint density at radius 1 is 0.833 bits per heavy atom. The minimum absolute atomic E-state index is 0.599. The van der Waals surface area contributed by atoms with E-state index in [2.05, 4.69) is 42.7 Å². The number of hydrogen-bond donors (Lipinski definition) is 3. The van der Waals surface area contributed by atoms with E-state index in [1.807, 2.05) is 7.05 Å². The Morgan fingerprint density at radius 2 is 1.50 bits per heavy atom. The first-order chi connectivity index (χ1) is 11.8. The maximum atomic E-state index is 4.48. The summed E-state index contributed by atoms with van der Waals surface area (Å²) in [5, 5.41) is 9.65. The first kappa shape index (κ1) is 18.7. The van der Waals surface area contributed by atoms with E-state index in [1.165, 1.54) is 51.6 Å². The van der Waals surface area contributed by atoms with Gasteiger partial charge in [0.05, 0.1) is 0 Å². The van der Waals surface area contributed by atoms with E-state index in [4.69, 9.17) is 0 Å². The van der Waals surface area contributed by atoms with Crippen LogP contribution in [-0.2, 0) is 0 Å². The summed E-state index contributed by atoms with van der Waals surface area (Å²) < 4.78 is 0. The lowest BCUT2D eigenvalue weighted by Gasteiger charge is -2.26. The average molecular weight is 336 g/mol. The largest absolute Gasteiger partial charge is 0.357 e. The highest BCUT2D eigenvalue weighted by atomic mass is 15.3. The standard InChI is InChI=1S/C17H33N7/c1-3-4-5-7-10-19-16-21-15(18-2)22-17(23-16)20-11-14-24-12-8-6-9-13-24/h3-14H2,1-2H3,(H3,18,19,20,21,22,23). The number of aromatic nitrogens is 3. The van der Waals surface area contributed by atoms with Crippen molar-refractivity contribution in [3.8, 4) is 0 Å². The van der Waals surface area contributed by atoms with Crippen molar-refractivity contribution in [2.75, 3.05) is 55.7 Å². The molecule has 3 N–H and O–H groups in total. The van der Waals surface area contributed by atoms with Crippen LogP contribution in [0.5, 0.6) is 0 Å². The second-order valence-electron chi connectivity index (χ2n) is 6.37. The number of likely N-dealkylation sites (tertiary alicyclic amines) is 1. The maximum Gasteiger partial charge on any atom is 0.229 e. The fourth-order valence-corrected chi connectivity index (χ4v) is 2.91. The second-order valence-corrected chi connectivity index (χ2v) is 6.37. The summed E-state index contributed by atoms with van der Waals surface area (Å²) in [5.41, 5.74) is 0. The summed E-state index contributed by atoms with van der Waals surface area (Å²) >= 11 is 0. The number of piperidine rings is 1. The van der Waals surface area contributed by atoms with E-state index in [-0.39, 0.29) is 0 Å². The van der Waals surface area contributed by atoms with Crippen LogP contribution in [0.3, 0.4) is 0 Å². The summed E-state index contributed by atoms with van der Waals surface area (Å²) in [5.74, 6) is 1.88. The Labute approximate surface area is 146 Å². The van der Waals surface area contributed by atoms with Gasteiger partial charge in [-0.1, -0.05) is 32.6 Å². The molecule has 1 aromatic rings. The molecule has 0 aliphatic carbocycles. The number of rotatable bonds is 11. The number of nitrogens with zero attached hydrogens (tertiary/aromatic N) is 4. The van der Waals surface area contributed by atoms with Crippen LogP contribution in [0.15, 0.2) is 0 Å². The van der Waals surface area contributed by atoms with Crippen molar-refractivity contribution in [1.29, 1.82) is 0 Å². The number of anilines is 3. The highest BCUT2D eigenvalue weighted by molar-refractivity contribution is 5.41. The summed E-state index contributed by atoms with van der Waals surface area (Å²) in [6.07, 6.45) is 8.94. The Bertz CT molecular complexity index is 460. The normalized spacial score (nSPS) is 15.2. The molecular formula is C17H33N7. The third-order valence-electron chi connectivity index (χ3n) is 4.33. The molecule has 2 heterocycles. The van der Waals surface area contributed by atoms with Crippen LogP contribution in [0.25, 0.3) is 0 Å². The SMILES string of the molecule is CCCCCCNc1nc(NC)nc(NCCN2CCCCC2)n1. The maximum absolute atomic E-state index is 4.48.